The Morgan fingerprint density at radius 2 is 1.00 bits per heavy atom. The van der Waals surface area contributed by atoms with Crippen LogP contribution in [0.3, 0.4) is 0 Å². The Labute approximate surface area is 178 Å². The predicted molar refractivity (Wildman–Crippen MR) is 110 cm³/mol. The van der Waals surface area contributed by atoms with Gasteiger partial charge in [-0.15, -0.1) is 0 Å². The number of hydrogen-bond donors (Lipinski definition) is 0. The maximum Gasteiger partial charge on any atom is 0.307 e. The Morgan fingerprint density at radius 3 is 1.31 bits per heavy atom. The number of rotatable bonds is 6. The van der Waals surface area contributed by atoms with E-state index in [1.54, 1.807) is 12.1 Å². The molecule has 0 unspecified atom stereocenters. The van der Waals surface area contributed by atoms with Crippen LogP contribution < -0.4 is 4.90 Å². The summed E-state index contributed by atoms with van der Waals surface area (Å²) < 4.78 is 0. The number of nitro benzene ring substituents is 3. The number of carbonyl (C=O) groups excluding carboxylic acids is 2. The summed E-state index contributed by atoms with van der Waals surface area (Å²) >= 11 is 0. The van der Waals surface area contributed by atoms with E-state index in [0.29, 0.717) is 17.0 Å². The van der Waals surface area contributed by atoms with Crippen molar-refractivity contribution in [2.45, 2.75) is 0 Å². The molecule has 0 aliphatic rings. The average Bonchev–Trinajstić information content (AvgIpc) is 2.79. The van der Waals surface area contributed by atoms with Gasteiger partial charge >= 0.3 is 11.4 Å². The molecule has 0 aliphatic carbocycles. The van der Waals surface area contributed by atoms with Gasteiger partial charge in [-0.3, -0.25) is 39.9 Å². The van der Waals surface area contributed by atoms with E-state index in [2.05, 4.69) is 0 Å². The SMILES string of the molecule is O=C(c1ccccc1)N(C(=O)c1ccccc1)c1c([N+](=O)[O-])cc([N+](=O)[O-])cc1[N+](=O)[O-]. The van der Waals surface area contributed by atoms with Crippen LogP contribution in [0.5, 0.6) is 0 Å². The van der Waals surface area contributed by atoms with E-state index in [4.69, 9.17) is 0 Å². The number of anilines is 1. The summed E-state index contributed by atoms with van der Waals surface area (Å²) in [4.78, 5) is 58.1. The summed E-state index contributed by atoms with van der Waals surface area (Å²) in [5.41, 5.74) is -4.36. The first-order chi connectivity index (χ1) is 15.2. The van der Waals surface area contributed by atoms with Gasteiger partial charge in [0.05, 0.1) is 26.9 Å². The number of hydrogen-bond acceptors (Lipinski definition) is 8. The molecule has 0 heterocycles. The fraction of sp³-hybridized carbons (Fsp3) is 0. The molecule has 0 atom stereocenters. The molecule has 3 aromatic rings. The van der Waals surface area contributed by atoms with Gasteiger partial charge in [0.25, 0.3) is 17.5 Å². The van der Waals surface area contributed by atoms with Crippen LogP contribution in [0.2, 0.25) is 0 Å². The number of non-ortho nitro benzene ring substituents is 1. The molecule has 12 nitrogen and oxygen atoms in total. The van der Waals surface area contributed by atoms with E-state index in [9.17, 15) is 39.9 Å². The molecule has 32 heavy (non-hydrogen) atoms. The Kier molecular flexibility index (Phi) is 5.96. The lowest BCUT2D eigenvalue weighted by molar-refractivity contribution is -0.402. The Hall–Kier alpha value is -5.00. The molecular weight excluding hydrogens is 424 g/mol. The van der Waals surface area contributed by atoms with Crippen molar-refractivity contribution in [2.75, 3.05) is 4.90 Å². The molecule has 0 aromatic heterocycles. The lowest BCUT2D eigenvalue weighted by Crippen LogP contribution is -2.38. The van der Waals surface area contributed by atoms with Gasteiger partial charge < -0.3 is 0 Å². The average molecular weight is 436 g/mol. The maximum atomic E-state index is 13.3. The molecule has 0 aliphatic heterocycles. The van der Waals surface area contributed by atoms with Gasteiger partial charge in [0, 0.05) is 11.1 Å². The summed E-state index contributed by atoms with van der Waals surface area (Å²) in [5.74, 6) is -2.17. The van der Waals surface area contributed by atoms with E-state index >= 15 is 0 Å². The van der Waals surface area contributed by atoms with Gasteiger partial charge in [-0.25, -0.2) is 4.90 Å². The molecular formula is C20H12N4O8. The normalized spacial score (nSPS) is 10.2. The molecule has 3 rings (SSSR count). The largest absolute Gasteiger partial charge is 0.307 e. The van der Waals surface area contributed by atoms with Gasteiger partial charge in [-0.2, -0.15) is 0 Å². The van der Waals surface area contributed by atoms with E-state index in [1.165, 1.54) is 48.5 Å². The molecule has 0 N–H and O–H groups in total. The van der Waals surface area contributed by atoms with Crippen molar-refractivity contribution >= 4 is 34.6 Å². The highest BCUT2D eigenvalue weighted by atomic mass is 16.6. The van der Waals surface area contributed by atoms with E-state index in [1.807, 2.05) is 0 Å². The number of amides is 2. The van der Waals surface area contributed by atoms with Gasteiger partial charge in [0.1, 0.15) is 0 Å². The van der Waals surface area contributed by atoms with Crippen LogP contribution in [-0.2, 0) is 0 Å². The number of imide groups is 1. The molecule has 0 saturated carbocycles. The lowest BCUT2D eigenvalue weighted by atomic mass is 10.1. The van der Waals surface area contributed by atoms with Crippen LogP contribution in [0.4, 0.5) is 22.7 Å². The standard InChI is InChI=1S/C20H12N4O8/c25-19(13-7-3-1-4-8-13)21(20(26)14-9-5-2-6-10-14)18-16(23(29)30)11-15(22(27)28)12-17(18)24(31)32/h1-12H. The first-order valence-corrected chi connectivity index (χ1v) is 8.82. The van der Waals surface area contributed by atoms with E-state index in [-0.39, 0.29) is 11.1 Å². The van der Waals surface area contributed by atoms with Gasteiger partial charge in [-0.05, 0) is 24.3 Å². The zero-order valence-electron chi connectivity index (χ0n) is 16.0. The summed E-state index contributed by atoms with van der Waals surface area (Å²) in [7, 11) is 0. The molecule has 12 heteroatoms. The molecule has 3 aromatic carbocycles. The lowest BCUT2D eigenvalue weighted by Gasteiger charge is -2.21. The summed E-state index contributed by atoms with van der Waals surface area (Å²) in [5, 5.41) is 34.6. The van der Waals surface area contributed by atoms with Gasteiger partial charge in [0.2, 0.25) is 5.69 Å². The zero-order valence-corrected chi connectivity index (χ0v) is 16.0. The van der Waals surface area contributed by atoms with Crippen molar-refractivity contribution in [3.63, 3.8) is 0 Å². The minimum absolute atomic E-state index is 0.0845. The van der Waals surface area contributed by atoms with Crippen molar-refractivity contribution in [1.29, 1.82) is 0 Å². The first kappa shape index (κ1) is 21.7. The second kappa shape index (κ2) is 8.79. The second-order valence-electron chi connectivity index (χ2n) is 6.28. The third-order valence-electron chi connectivity index (χ3n) is 4.33. The number of carbonyl (C=O) groups is 2. The number of benzene rings is 3. The molecule has 0 bridgehead atoms. The van der Waals surface area contributed by atoms with Gasteiger partial charge in [0.15, 0.2) is 0 Å². The molecule has 0 spiro atoms. The highest BCUT2D eigenvalue weighted by Gasteiger charge is 2.40. The molecule has 0 fully saturated rings. The van der Waals surface area contributed by atoms with Crippen LogP contribution in [0.15, 0.2) is 72.8 Å². The molecule has 0 saturated heterocycles. The van der Waals surface area contributed by atoms with E-state index in [0.717, 1.165) is 0 Å². The van der Waals surface area contributed by atoms with Crippen molar-refractivity contribution in [3.05, 3.63) is 114 Å². The Bertz CT molecular complexity index is 1160. The van der Waals surface area contributed by atoms with Crippen molar-refractivity contribution in [3.8, 4) is 0 Å². The minimum Gasteiger partial charge on any atom is -0.268 e. The first-order valence-electron chi connectivity index (χ1n) is 8.82. The fourth-order valence-corrected chi connectivity index (χ4v) is 2.92. The summed E-state index contributed by atoms with van der Waals surface area (Å²) in [6, 6.07) is 15.2. The van der Waals surface area contributed by atoms with Crippen LogP contribution in [0.1, 0.15) is 20.7 Å². The number of nitro groups is 3. The third-order valence-corrected chi connectivity index (χ3v) is 4.33. The van der Waals surface area contributed by atoms with Gasteiger partial charge in [-0.1, -0.05) is 36.4 Å². The monoisotopic (exact) mass is 436 g/mol. The minimum atomic E-state index is -1.14. The van der Waals surface area contributed by atoms with E-state index < -0.39 is 49.3 Å². The van der Waals surface area contributed by atoms with Crippen molar-refractivity contribution in [1.82, 2.24) is 0 Å². The van der Waals surface area contributed by atoms with Crippen molar-refractivity contribution < 1.29 is 24.4 Å². The second-order valence-corrected chi connectivity index (χ2v) is 6.28. The molecule has 0 radical (unpaired) electrons. The van der Waals surface area contributed by atoms with Crippen LogP contribution >= 0.6 is 0 Å². The smallest absolute Gasteiger partial charge is 0.268 e. The van der Waals surface area contributed by atoms with Crippen LogP contribution in [-0.4, -0.2) is 26.6 Å². The fourth-order valence-electron chi connectivity index (χ4n) is 2.92. The topological polar surface area (TPSA) is 167 Å². The highest BCUT2D eigenvalue weighted by molar-refractivity contribution is 6.27. The molecule has 160 valence electrons. The highest BCUT2D eigenvalue weighted by Crippen LogP contribution is 2.42. The van der Waals surface area contributed by atoms with Crippen LogP contribution in [0.25, 0.3) is 0 Å². The third kappa shape index (κ3) is 4.14. The molecule has 2 amide bonds. The van der Waals surface area contributed by atoms with Crippen LogP contribution in [0, 0.1) is 30.3 Å². The Balaban J connectivity index is 2.37. The Morgan fingerprint density at radius 1 is 0.625 bits per heavy atom. The van der Waals surface area contributed by atoms with Crippen molar-refractivity contribution in [2.24, 2.45) is 0 Å². The zero-order chi connectivity index (χ0) is 23.4. The number of nitrogens with zero attached hydrogens (tertiary/aromatic N) is 4. The predicted octanol–water partition coefficient (Wildman–Crippen LogP) is 3.90. The summed E-state index contributed by atoms with van der Waals surface area (Å²) in [6.07, 6.45) is 0. The quantitative estimate of drug-likeness (QED) is 0.318. The summed E-state index contributed by atoms with van der Waals surface area (Å²) in [6.45, 7) is 0. The maximum absolute atomic E-state index is 13.3.